The fourth-order valence-corrected chi connectivity index (χ4v) is 3.66. The Morgan fingerprint density at radius 1 is 1.31 bits per heavy atom. The molecule has 1 aliphatic heterocycles. The van der Waals surface area contributed by atoms with E-state index in [4.69, 9.17) is 11.0 Å². The van der Waals surface area contributed by atoms with E-state index in [0.29, 0.717) is 13.0 Å². The molecule has 0 aromatic heterocycles. The molecule has 7 nitrogen and oxygen atoms in total. The lowest BCUT2D eigenvalue weighted by atomic mass is 9.94. The summed E-state index contributed by atoms with van der Waals surface area (Å²) in [5, 5.41) is 11.6. The van der Waals surface area contributed by atoms with Crippen molar-refractivity contribution in [3.63, 3.8) is 0 Å². The number of nitrogens with zero attached hydrogens (tertiary/aromatic N) is 2. The number of nitriles is 1. The molecule has 2 fully saturated rings. The van der Waals surface area contributed by atoms with Gasteiger partial charge in [-0.1, -0.05) is 30.3 Å². The van der Waals surface area contributed by atoms with E-state index in [9.17, 15) is 14.4 Å². The van der Waals surface area contributed by atoms with Gasteiger partial charge in [0.05, 0.1) is 17.9 Å². The van der Waals surface area contributed by atoms with Crippen LogP contribution in [-0.2, 0) is 19.8 Å². The smallest absolute Gasteiger partial charge is 0.243 e. The standard InChI is InChI=1S/C19H22N4O3/c20-12-14(11-16(21)24)22-17(25)15-7-4-10-23(15)18(26)19(8-9-19)13-5-2-1-3-6-13/h1-3,5-6,14-15H,4,7-11H2,(H2,21,24)(H,22,25)/t14-,15-/m0/s1. The minimum atomic E-state index is -0.971. The molecule has 1 saturated carbocycles. The van der Waals surface area contributed by atoms with Crippen LogP contribution in [0.2, 0.25) is 0 Å². The fraction of sp³-hybridized carbons (Fsp3) is 0.474. The van der Waals surface area contributed by atoms with Crippen molar-refractivity contribution in [2.24, 2.45) is 5.73 Å². The summed E-state index contributed by atoms with van der Waals surface area (Å²) >= 11 is 0. The molecule has 1 aromatic rings. The zero-order chi connectivity index (χ0) is 18.7. The molecule has 26 heavy (non-hydrogen) atoms. The molecule has 0 bridgehead atoms. The summed E-state index contributed by atoms with van der Waals surface area (Å²) in [4.78, 5) is 38.4. The van der Waals surface area contributed by atoms with Gasteiger partial charge in [-0.25, -0.2) is 0 Å². The Labute approximate surface area is 152 Å². The molecule has 1 saturated heterocycles. The second kappa shape index (κ2) is 7.16. The molecule has 136 valence electrons. The molecule has 3 rings (SSSR count). The van der Waals surface area contributed by atoms with Crippen LogP contribution in [0.3, 0.4) is 0 Å². The van der Waals surface area contributed by atoms with Crippen molar-refractivity contribution < 1.29 is 14.4 Å². The van der Waals surface area contributed by atoms with Gasteiger partial charge < -0.3 is 16.0 Å². The highest BCUT2D eigenvalue weighted by Crippen LogP contribution is 2.50. The summed E-state index contributed by atoms with van der Waals surface area (Å²) < 4.78 is 0. The number of carbonyl (C=O) groups excluding carboxylic acids is 3. The molecule has 2 aliphatic rings. The maximum Gasteiger partial charge on any atom is 0.243 e. The van der Waals surface area contributed by atoms with Crippen LogP contribution in [0.15, 0.2) is 30.3 Å². The number of nitrogens with two attached hydrogens (primary N) is 1. The van der Waals surface area contributed by atoms with Crippen molar-refractivity contribution in [2.75, 3.05) is 6.54 Å². The van der Waals surface area contributed by atoms with Crippen LogP contribution in [0.5, 0.6) is 0 Å². The van der Waals surface area contributed by atoms with Crippen LogP contribution >= 0.6 is 0 Å². The van der Waals surface area contributed by atoms with Gasteiger partial charge >= 0.3 is 0 Å². The van der Waals surface area contributed by atoms with Crippen LogP contribution < -0.4 is 11.1 Å². The zero-order valence-corrected chi connectivity index (χ0v) is 14.5. The number of amides is 3. The second-order valence-electron chi connectivity index (χ2n) is 6.97. The normalized spacial score (nSPS) is 21.5. The first kappa shape index (κ1) is 17.9. The highest BCUT2D eigenvalue weighted by Gasteiger charge is 2.55. The van der Waals surface area contributed by atoms with Gasteiger partial charge in [-0.05, 0) is 31.2 Å². The molecule has 7 heteroatoms. The van der Waals surface area contributed by atoms with Gasteiger partial charge in [-0.3, -0.25) is 14.4 Å². The first-order valence-electron chi connectivity index (χ1n) is 8.83. The summed E-state index contributed by atoms with van der Waals surface area (Å²) in [6.45, 7) is 0.526. The highest BCUT2D eigenvalue weighted by molar-refractivity contribution is 5.96. The van der Waals surface area contributed by atoms with Gasteiger partial charge in [-0.15, -0.1) is 0 Å². The lowest BCUT2D eigenvalue weighted by Gasteiger charge is -2.29. The van der Waals surface area contributed by atoms with Crippen molar-refractivity contribution in [1.29, 1.82) is 5.26 Å². The van der Waals surface area contributed by atoms with E-state index in [1.165, 1.54) is 0 Å². The van der Waals surface area contributed by atoms with Gasteiger partial charge in [0.1, 0.15) is 12.1 Å². The number of primary amides is 1. The van der Waals surface area contributed by atoms with Gasteiger partial charge in [0.15, 0.2) is 0 Å². The van der Waals surface area contributed by atoms with Crippen LogP contribution in [-0.4, -0.2) is 41.2 Å². The molecule has 3 N–H and O–H groups in total. The molecule has 0 spiro atoms. The Hall–Kier alpha value is -2.88. The fourth-order valence-electron chi connectivity index (χ4n) is 3.66. The Morgan fingerprint density at radius 3 is 2.58 bits per heavy atom. The average Bonchev–Trinajstić information content (AvgIpc) is 3.30. The molecular weight excluding hydrogens is 332 g/mol. The first-order chi connectivity index (χ1) is 12.5. The SMILES string of the molecule is N#C[C@H](CC(N)=O)NC(=O)[C@@H]1CCCN1C(=O)C1(c2ccccc2)CC1. The van der Waals surface area contributed by atoms with Crippen molar-refractivity contribution in [2.45, 2.75) is 49.6 Å². The quantitative estimate of drug-likeness (QED) is 0.778. The number of nitrogens with one attached hydrogen (secondary N) is 1. The number of likely N-dealkylation sites (tertiary alicyclic amines) is 1. The monoisotopic (exact) mass is 354 g/mol. The molecular formula is C19H22N4O3. The molecule has 3 amide bonds. The third-order valence-electron chi connectivity index (χ3n) is 5.18. The van der Waals surface area contributed by atoms with Crippen molar-refractivity contribution >= 4 is 17.7 Å². The second-order valence-corrected chi connectivity index (χ2v) is 6.97. The Morgan fingerprint density at radius 2 is 2.00 bits per heavy atom. The molecule has 1 aromatic carbocycles. The molecule has 2 atom stereocenters. The topological polar surface area (TPSA) is 116 Å². The third-order valence-corrected chi connectivity index (χ3v) is 5.18. The van der Waals surface area contributed by atoms with Crippen molar-refractivity contribution in [3.8, 4) is 6.07 Å². The number of rotatable bonds is 6. The van der Waals surface area contributed by atoms with E-state index in [2.05, 4.69) is 5.32 Å². The number of hydrogen-bond acceptors (Lipinski definition) is 4. The Kier molecular flexibility index (Phi) is 4.94. The van der Waals surface area contributed by atoms with Crippen LogP contribution in [0.1, 0.15) is 37.7 Å². The lowest BCUT2D eigenvalue weighted by molar-refractivity contribution is -0.140. The van der Waals surface area contributed by atoms with E-state index in [1.807, 2.05) is 36.4 Å². The van der Waals surface area contributed by atoms with Gasteiger partial charge in [-0.2, -0.15) is 5.26 Å². The first-order valence-corrected chi connectivity index (χ1v) is 8.83. The lowest BCUT2D eigenvalue weighted by Crippen LogP contribution is -2.51. The van der Waals surface area contributed by atoms with Gasteiger partial charge in [0.2, 0.25) is 17.7 Å². The van der Waals surface area contributed by atoms with E-state index in [1.54, 1.807) is 4.90 Å². The number of carbonyl (C=O) groups is 3. The summed E-state index contributed by atoms with van der Waals surface area (Å²) in [6.07, 6.45) is 2.61. The van der Waals surface area contributed by atoms with Crippen LogP contribution in [0.25, 0.3) is 0 Å². The summed E-state index contributed by atoms with van der Waals surface area (Å²) in [7, 11) is 0. The molecule has 0 radical (unpaired) electrons. The minimum absolute atomic E-state index is 0.0234. The molecule has 1 heterocycles. The maximum atomic E-state index is 13.2. The highest BCUT2D eigenvalue weighted by atomic mass is 16.2. The zero-order valence-electron chi connectivity index (χ0n) is 14.5. The number of hydrogen-bond donors (Lipinski definition) is 2. The van der Waals surface area contributed by atoms with E-state index < -0.39 is 29.3 Å². The summed E-state index contributed by atoms with van der Waals surface area (Å²) in [5.74, 6) is -1.07. The predicted molar refractivity (Wildman–Crippen MR) is 93.4 cm³/mol. The van der Waals surface area contributed by atoms with Gasteiger partial charge in [0, 0.05) is 6.54 Å². The molecule has 1 aliphatic carbocycles. The predicted octanol–water partition coefficient (Wildman–Crippen LogP) is 0.593. The van der Waals surface area contributed by atoms with E-state index >= 15 is 0 Å². The maximum absolute atomic E-state index is 13.2. The van der Waals surface area contributed by atoms with Crippen LogP contribution in [0.4, 0.5) is 0 Å². The minimum Gasteiger partial charge on any atom is -0.370 e. The van der Waals surface area contributed by atoms with Crippen LogP contribution in [0, 0.1) is 11.3 Å². The van der Waals surface area contributed by atoms with E-state index in [0.717, 1.165) is 24.8 Å². The van der Waals surface area contributed by atoms with E-state index in [-0.39, 0.29) is 12.3 Å². The van der Waals surface area contributed by atoms with Gasteiger partial charge in [0.25, 0.3) is 0 Å². The van der Waals surface area contributed by atoms with Crippen molar-refractivity contribution in [3.05, 3.63) is 35.9 Å². The number of benzene rings is 1. The molecule has 0 unspecified atom stereocenters. The Bertz CT molecular complexity index is 752. The largest absolute Gasteiger partial charge is 0.370 e. The summed E-state index contributed by atoms with van der Waals surface area (Å²) in [5.41, 5.74) is 5.56. The van der Waals surface area contributed by atoms with Crippen molar-refractivity contribution in [1.82, 2.24) is 10.2 Å². The third kappa shape index (κ3) is 3.40. The summed E-state index contributed by atoms with van der Waals surface area (Å²) in [6, 6.07) is 9.94. The Balaban J connectivity index is 1.72. The average molecular weight is 354 g/mol.